The molecule has 0 radical (unpaired) electrons. The van der Waals surface area contributed by atoms with Crippen LogP contribution in [0.4, 0.5) is 10.5 Å². The number of carbonyl (C=O) groups excluding carboxylic acids is 2. The molecule has 0 spiro atoms. The minimum Gasteiger partial charge on any atom is -0.335 e. The van der Waals surface area contributed by atoms with Crippen LogP contribution in [0.5, 0.6) is 0 Å². The summed E-state index contributed by atoms with van der Waals surface area (Å²) in [4.78, 5) is 26.6. The Kier molecular flexibility index (Phi) is 7.10. The van der Waals surface area contributed by atoms with Gasteiger partial charge < -0.3 is 16.0 Å². The molecule has 148 valence electrons. The molecule has 3 N–H and O–H groups in total. The van der Waals surface area contributed by atoms with E-state index in [1.807, 2.05) is 30.3 Å². The average molecular weight is 373 g/mol. The number of nitrogens with one attached hydrogen (secondary N) is 3. The zero-order valence-corrected chi connectivity index (χ0v) is 16.2. The minimum absolute atomic E-state index is 0.0108. The highest BCUT2D eigenvalue weighted by Crippen LogP contribution is 2.23. The van der Waals surface area contributed by atoms with Gasteiger partial charge in [0.2, 0.25) is 5.91 Å². The molecular weight excluding hydrogens is 340 g/mol. The number of rotatable bonds is 5. The lowest BCUT2D eigenvalue weighted by atomic mass is 9.86. The molecule has 1 aromatic rings. The van der Waals surface area contributed by atoms with Crippen LogP contribution in [0.15, 0.2) is 30.3 Å². The van der Waals surface area contributed by atoms with Crippen molar-refractivity contribution in [3.05, 3.63) is 30.3 Å². The van der Waals surface area contributed by atoms with Crippen LogP contribution in [-0.4, -0.2) is 48.6 Å². The van der Waals surface area contributed by atoms with Crippen molar-refractivity contribution in [3.63, 3.8) is 0 Å². The lowest BCUT2D eigenvalue weighted by molar-refractivity contribution is -0.117. The minimum atomic E-state index is -0.0333. The number of anilines is 1. The van der Waals surface area contributed by atoms with E-state index in [2.05, 4.69) is 27.8 Å². The fourth-order valence-electron chi connectivity index (χ4n) is 4.09. The van der Waals surface area contributed by atoms with Crippen LogP contribution in [0.1, 0.15) is 45.4 Å². The van der Waals surface area contributed by atoms with Gasteiger partial charge in [-0.2, -0.15) is 0 Å². The van der Waals surface area contributed by atoms with Crippen LogP contribution in [-0.2, 0) is 4.79 Å². The third-order valence-electron chi connectivity index (χ3n) is 5.78. The second kappa shape index (κ2) is 9.74. The fraction of sp³-hybridized carbons (Fsp3) is 0.619. The molecule has 0 bridgehead atoms. The summed E-state index contributed by atoms with van der Waals surface area (Å²) in [5.41, 5.74) is 0.827. The Bertz CT molecular complexity index is 614. The molecule has 0 aromatic heterocycles. The Labute approximate surface area is 162 Å². The van der Waals surface area contributed by atoms with Crippen molar-refractivity contribution in [1.29, 1.82) is 0 Å². The molecule has 6 nitrogen and oxygen atoms in total. The van der Waals surface area contributed by atoms with Gasteiger partial charge in [-0.25, -0.2) is 4.79 Å². The van der Waals surface area contributed by atoms with Crippen molar-refractivity contribution >= 4 is 17.6 Å². The highest BCUT2D eigenvalue weighted by molar-refractivity contribution is 5.92. The van der Waals surface area contributed by atoms with Gasteiger partial charge in [-0.05, 0) is 43.7 Å². The Balaban J connectivity index is 1.34. The third kappa shape index (κ3) is 6.24. The molecule has 6 heteroatoms. The van der Waals surface area contributed by atoms with Crippen molar-refractivity contribution in [2.75, 3.05) is 25.0 Å². The van der Waals surface area contributed by atoms with Crippen molar-refractivity contribution in [2.45, 2.75) is 57.5 Å². The molecule has 1 heterocycles. The Morgan fingerprint density at radius 1 is 1.00 bits per heavy atom. The molecule has 3 amide bonds. The Hall–Kier alpha value is -2.08. The number of carbonyl (C=O) groups is 2. The standard InChI is InChI=1S/C21H32N4O2/c1-16-7-5-6-10-19(16)24-21(27)23-18-11-13-25(14-12-18)15-20(26)22-17-8-3-2-4-9-17/h2-4,8-9,16,18-19H,5-7,10-15H2,1H3,(H,22,26)(H2,23,24,27). The number of hydrogen-bond acceptors (Lipinski definition) is 3. The van der Waals surface area contributed by atoms with Gasteiger partial charge in [0.15, 0.2) is 0 Å². The maximum absolute atomic E-state index is 12.3. The SMILES string of the molecule is CC1CCCCC1NC(=O)NC1CCN(CC(=O)Nc2ccccc2)CC1. The van der Waals surface area contributed by atoms with Crippen molar-refractivity contribution in [3.8, 4) is 0 Å². The molecular formula is C21H32N4O2. The molecule has 2 fully saturated rings. The van der Waals surface area contributed by atoms with Gasteiger partial charge in [0.25, 0.3) is 0 Å². The van der Waals surface area contributed by atoms with Gasteiger partial charge >= 0.3 is 6.03 Å². The predicted octanol–water partition coefficient (Wildman–Crippen LogP) is 2.97. The maximum atomic E-state index is 12.3. The smallest absolute Gasteiger partial charge is 0.315 e. The van der Waals surface area contributed by atoms with Crippen LogP contribution in [0, 0.1) is 5.92 Å². The van der Waals surface area contributed by atoms with E-state index >= 15 is 0 Å². The van der Waals surface area contributed by atoms with Crippen molar-refractivity contribution in [2.24, 2.45) is 5.92 Å². The summed E-state index contributed by atoms with van der Waals surface area (Å²) in [5, 5.41) is 9.20. The molecule has 2 atom stereocenters. The van der Waals surface area contributed by atoms with Gasteiger partial charge in [-0.3, -0.25) is 9.69 Å². The maximum Gasteiger partial charge on any atom is 0.315 e. The van der Waals surface area contributed by atoms with Gasteiger partial charge in [0.1, 0.15) is 0 Å². The molecule has 27 heavy (non-hydrogen) atoms. The lowest BCUT2D eigenvalue weighted by Crippen LogP contribution is -2.52. The number of para-hydroxylation sites is 1. The predicted molar refractivity (Wildman–Crippen MR) is 108 cm³/mol. The summed E-state index contributed by atoms with van der Waals surface area (Å²) in [7, 11) is 0. The summed E-state index contributed by atoms with van der Waals surface area (Å²) in [6.45, 7) is 4.27. The summed E-state index contributed by atoms with van der Waals surface area (Å²) < 4.78 is 0. The fourth-order valence-corrected chi connectivity index (χ4v) is 4.09. The van der Waals surface area contributed by atoms with Crippen molar-refractivity contribution < 1.29 is 9.59 Å². The van der Waals surface area contributed by atoms with Gasteiger partial charge in [0, 0.05) is 30.9 Å². The first-order chi connectivity index (χ1) is 13.1. The zero-order chi connectivity index (χ0) is 19.1. The molecule has 2 unspecified atom stereocenters. The van der Waals surface area contributed by atoms with E-state index < -0.39 is 0 Å². The Morgan fingerprint density at radius 2 is 1.70 bits per heavy atom. The van der Waals surface area contributed by atoms with E-state index in [1.165, 1.54) is 19.3 Å². The topological polar surface area (TPSA) is 73.5 Å². The van der Waals surface area contributed by atoms with E-state index in [-0.39, 0.29) is 18.0 Å². The Morgan fingerprint density at radius 3 is 2.41 bits per heavy atom. The van der Waals surface area contributed by atoms with Gasteiger partial charge in [-0.1, -0.05) is 38.0 Å². The van der Waals surface area contributed by atoms with Crippen molar-refractivity contribution in [1.82, 2.24) is 15.5 Å². The number of hydrogen-bond donors (Lipinski definition) is 3. The molecule has 2 aliphatic rings. The van der Waals surface area contributed by atoms with Crippen LogP contribution >= 0.6 is 0 Å². The van der Waals surface area contributed by atoms with E-state index in [1.54, 1.807) is 0 Å². The quantitative estimate of drug-likeness (QED) is 0.744. The second-order valence-corrected chi connectivity index (χ2v) is 7.95. The average Bonchev–Trinajstić information content (AvgIpc) is 2.66. The molecule has 1 aliphatic carbocycles. The largest absolute Gasteiger partial charge is 0.335 e. The highest BCUT2D eigenvalue weighted by atomic mass is 16.2. The van der Waals surface area contributed by atoms with Gasteiger partial charge in [-0.15, -0.1) is 0 Å². The first kappa shape index (κ1) is 19.7. The summed E-state index contributed by atoms with van der Waals surface area (Å²) in [6, 6.07) is 9.99. The molecule has 3 rings (SSSR count). The molecule has 1 aliphatic heterocycles. The van der Waals surface area contributed by atoms with Crippen LogP contribution in [0.25, 0.3) is 0 Å². The lowest BCUT2D eigenvalue weighted by Gasteiger charge is -2.33. The highest BCUT2D eigenvalue weighted by Gasteiger charge is 2.25. The molecule has 1 saturated heterocycles. The summed E-state index contributed by atoms with van der Waals surface area (Å²) >= 11 is 0. The second-order valence-electron chi connectivity index (χ2n) is 7.95. The summed E-state index contributed by atoms with van der Waals surface area (Å²) in [6.07, 6.45) is 6.53. The van der Waals surface area contributed by atoms with Crippen LogP contribution in [0.3, 0.4) is 0 Å². The summed E-state index contributed by atoms with van der Waals surface area (Å²) in [5.74, 6) is 0.575. The van der Waals surface area contributed by atoms with E-state index in [4.69, 9.17) is 0 Å². The van der Waals surface area contributed by atoms with Crippen LogP contribution in [0.2, 0.25) is 0 Å². The normalized spacial score (nSPS) is 24.2. The van der Waals surface area contributed by atoms with E-state index in [0.29, 0.717) is 18.5 Å². The first-order valence-electron chi connectivity index (χ1n) is 10.2. The van der Waals surface area contributed by atoms with Crippen LogP contribution < -0.4 is 16.0 Å². The first-order valence-corrected chi connectivity index (χ1v) is 10.2. The molecule has 1 saturated carbocycles. The number of piperidine rings is 1. The number of nitrogens with zero attached hydrogens (tertiary/aromatic N) is 1. The molecule has 1 aromatic carbocycles. The number of likely N-dealkylation sites (tertiary alicyclic amines) is 1. The third-order valence-corrected chi connectivity index (χ3v) is 5.78. The monoisotopic (exact) mass is 372 g/mol. The van der Waals surface area contributed by atoms with E-state index in [9.17, 15) is 9.59 Å². The number of benzene rings is 1. The number of urea groups is 1. The van der Waals surface area contributed by atoms with Gasteiger partial charge in [0.05, 0.1) is 6.54 Å². The number of amides is 3. The zero-order valence-electron chi connectivity index (χ0n) is 16.2. The van der Waals surface area contributed by atoms with E-state index in [0.717, 1.165) is 38.0 Å².